The number of nitrogens with two attached hydrogens (primary N) is 1. The van der Waals surface area contributed by atoms with Gasteiger partial charge in [0, 0.05) is 5.56 Å². The third-order valence-corrected chi connectivity index (χ3v) is 2.16. The van der Waals surface area contributed by atoms with Gasteiger partial charge in [-0.2, -0.15) is 0 Å². The van der Waals surface area contributed by atoms with E-state index in [1.54, 1.807) is 0 Å². The molecule has 0 spiro atoms. The van der Waals surface area contributed by atoms with Crippen LogP contribution in [0.4, 0.5) is 4.39 Å². The highest BCUT2D eigenvalue weighted by atomic mass is 19.1. The van der Waals surface area contributed by atoms with Gasteiger partial charge in [0.1, 0.15) is 5.82 Å². The lowest BCUT2D eigenvalue weighted by molar-refractivity contribution is 0.206. The Balaban J connectivity index is 3.18. The van der Waals surface area contributed by atoms with Crippen molar-refractivity contribution in [2.45, 2.75) is 19.1 Å². The van der Waals surface area contributed by atoms with Gasteiger partial charge in [0.2, 0.25) is 0 Å². The number of hydrogen-bond donors (Lipinski definition) is 3. The standard InChI is InChI=1S/C10H14FNO2/c1-10(12,6-14)8-4-7(5-13)2-3-9(8)11/h2-4,13-14H,5-6,12H2,1H3/t10-/m1/s1. The molecule has 0 amide bonds. The van der Waals surface area contributed by atoms with Crippen LogP contribution in [-0.2, 0) is 12.1 Å². The van der Waals surface area contributed by atoms with Crippen molar-refractivity contribution in [3.63, 3.8) is 0 Å². The topological polar surface area (TPSA) is 66.5 Å². The van der Waals surface area contributed by atoms with Gasteiger partial charge in [0.05, 0.1) is 18.8 Å². The third kappa shape index (κ3) is 2.09. The first-order chi connectivity index (χ1) is 6.51. The van der Waals surface area contributed by atoms with Gasteiger partial charge in [0.25, 0.3) is 0 Å². The molecule has 4 N–H and O–H groups in total. The van der Waals surface area contributed by atoms with Crippen LogP contribution < -0.4 is 5.73 Å². The van der Waals surface area contributed by atoms with E-state index in [0.717, 1.165) is 0 Å². The van der Waals surface area contributed by atoms with Crippen molar-refractivity contribution < 1.29 is 14.6 Å². The van der Waals surface area contributed by atoms with Crippen LogP contribution >= 0.6 is 0 Å². The molecule has 0 fully saturated rings. The molecule has 0 aromatic heterocycles. The van der Waals surface area contributed by atoms with Crippen LogP contribution in [0.15, 0.2) is 18.2 Å². The summed E-state index contributed by atoms with van der Waals surface area (Å²) in [6.07, 6.45) is 0. The largest absolute Gasteiger partial charge is 0.394 e. The molecule has 14 heavy (non-hydrogen) atoms. The van der Waals surface area contributed by atoms with Gasteiger partial charge < -0.3 is 15.9 Å². The maximum atomic E-state index is 13.3. The predicted octanol–water partition coefficient (Wildman–Crippen LogP) is 0.484. The van der Waals surface area contributed by atoms with Crippen LogP contribution in [0.25, 0.3) is 0 Å². The minimum Gasteiger partial charge on any atom is -0.394 e. The van der Waals surface area contributed by atoms with Gasteiger partial charge in [0.15, 0.2) is 0 Å². The molecule has 3 nitrogen and oxygen atoms in total. The fourth-order valence-corrected chi connectivity index (χ4v) is 1.19. The molecule has 0 saturated heterocycles. The smallest absolute Gasteiger partial charge is 0.128 e. The Labute approximate surface area is 82.0 Å². The minimum absolute atomic E-state index is 0.172. The molecule has 0 radical (unpaired) electrons. The molecule has 0 aliphatic rings. The summed E-state index contributed by atoms with van der Waals surface area (Å²) in [6.45, 7) is 1.01. The molecule has 1 aromatic rings. The molecule has 1 aromatic carbocycles. The van der Waals surface area contributed by atoms with Crippen molar-refractivity contribution in [3.8, 4) is 0 Å². The highest BCUT2D eigenvalue weighted by Crippen LogP contribution is 2.21. The van der Waals surface area contributed by atoms with Crippen LogP contribution in [-0.4, -0.2) is 16.8 Å². The number of benzene rings is 1. The van der Waals surface area contributed by atoms with Gasteiger partial charge >= 0.3 is 0 Å². The summed E-state index contributed by atoms with van der Waals surface area (Å²) >= 11 is 0. The Morgan fingerprint density at radius 3 is 2.57 bits per heavy atom. The SMILES string of the molecule is C[C@@](N)(CO)c1cc(CO)ccc1F. The van der Waals surface area contributed by atoms with E-state index in [1.165, 1.54) is 25.1 Å². The molecule has 0 unspecified atom stereocenters. The van der Waals surface area contributed by atoms with Crippen molar-refractivity contribution in [2.24, 2.45) is 5.73 Å². The molecule has 4 heteroatoms. The summed E-state index contributed by atoms with van der Waals surface area (Å²) in [7, 11) is 0. The van der Waals surface area contributed by atoms with E-state index in [-0.39, 0.29) is 18.8 Å². The first-order valence-electron chi connectivity index (χ1n) is 4.31. The van der Waals surface area contributed by atoms with Crippen LogP contribution in [0.3, 0.4) is 0 Å². The molecular weight excluding hydrogens is 185 g/mol. The average molecular weight is 199 g/mol. The number of hydrogen-bond acceptors (Lipinski definition) is 3. The van der Waals surface area contributed by atoms with Gasteiger partial charge in [-0.15, -0.1) is 0 Å². The Morgan fingerprint density at radius 1 is 1.43 bits per heavy atom. The molecule has 0 aliphatic heterocycles. The maximum absolute atomic E-state index is 13.3. The Hall–Kier alpha value is -0.970. The van der Waals surface area contributed by atoms with Crippen molar-refractivity contribution in [1.82, 2.24) is 0 Å². The normalized spacial score (nSPS) is 15.2. The van der Waals surface area contributed by atoms with Gasteiger partial charge in [-0.05, 0) is 24.6 Å². The van der Waals surface area contributed by atoms with Crippen molar-refractivity contribution in [3.05, 3.63) is 35.1 Å². The van der Waals surface area contributed by atoms with Crippen LogP contribution in [0.1, 0.15) is 18.1 Å². The zero-order valence-electron chi connectivity index (χ0n) is 8.00. The molecule has 0 aliphatic carbocycles. The highest BCUT2D eigenvalue weighted by Gasteiger charge is 2.23. The van der Waals surface area contributed by atoms with Gasteiger partial charge in [-0.1, -0.05) is 6.07 Å². The fraction of sp³-hybridized carbons (Fsp3) is 0.400. The Bertz CT molecular complexity index is 326. The average Bonchev–Trinajstić information content (AvgIpc) is 2.18. The quantitative estimate of drug-likeness (QED) is 0.663. The predicted molar refractivity (Wildman–Crippen MR) is 50.9 cm³/mol. The summed E-state index contributed by atoms with van der Waals surface area (Å²) < 4.78 is 13.3. The monoisotopic (exact) mass is 199 g/mol. The van der Waals surface area contributed by atoms with Crippen molar-refractivity contribution >= 4 is 0 Å². The second-order valence-corrected chi connectivity index (χ2v) is 3.55. The lowest BCUT2D eigenvalue weighted by atomic mass is 9.92. The second-order valence-electron chi connectivity index (χ2n) is 3.55. The van der Waals surface area contributed by atoms with E-state index >= 15 is 0 Å². The van der Waals surface area contributed by atoms with E-state index in [2.05, 4.69) is 0 Å². The van der Waals surface area contributed by atoms with Gasteiger partial charge in [-0.3, -0.25) is 0 Å². The third-order valence-electron chi connectivity index (χ3n) is 2.16. The molecule has 78 valence electrons. The maximum Gasteiger partial charge on any atom is 0.128 e. The minimum atomic E-state index is -1.12. The second kappa shape index (κ2) is 4.04. The van der Waals surface area contributed by atoms with Crippen molar-refractivity contribution in [1.29, 1.82) is 0 Å². The van der Waals surface area contributed by atoms with E-state index in [1.807, 2.05) is 0 Å². The van der Waals surface area contributed by atoms with E-state index in [4.69, 9.17) is 15.9 Å². The van der Waals surface area contributed by atoms with E-state index in [9.17, 15) is 4.39 Å². The Morgan fingerprint density at radius 2 is 2.07 bits per heavy atom. The van der Waals surface area contributed by atoms with Crippen LogP contribution in [0, 0.1) is 5.82 Å². The van der Waals surface area contributed by atoms with E-state index in [0.29, 0.717) is 5.56 Å². The number of aliphatic hydroxyl groups is 2. The zero-order chi connectivity index (χ0) is 10.8. The molecule has 0 bridgehead atoms. The molecule has 0 heterocycles. The zero-order valence-corrected chi connectivity index (χ0v) is 8.00. The number of halogens is 1. The number of aliphatic hydroxyl groups excluding tert-OH is 2. The molecule has 1 atom stereocenters. The molecular formula is C10H14FNO2. The summed E-state index contributed by atoms with van der Waals surface area (Å²) in [5.41, 5.74) is 5.36. The van der Waals surface area contributed by atoms with E-state index < -0.39 is 11.4 Å². The first kappa shape index (κ1) is 11.1. The highest BCUT2D eigenvalue weighted by molar-refractivity contribution is 5.30. The first-order valence-corrected chi connectivity index (χ1v) is 4.31. The summed E-state index contributed by atoms with van der Waals surface area (Å²) in [6, 6.07) is 4.18. The molecule has 1 rings (SSSR count). The van der Waals surface area contributed by atoms with Crippen LogP contribution in [0.2, 0.25) is 0 Å². The number of rotatable bonds is 3. The van der Waals surface area contributed by atoms with Crippen molar-refractivity contribution in [2.75, 3.05) is 6.61 Å². The summed E-state index contributed by atoms with van der Waals surface area (Å²) in [5.74, 6) is -0.471. The lowest BCUT2D eigenvalue weighted by Crippen LogP contribution is -2.38. The lowest BCUT2D eigenvalue weighted by Gasteiger charge is -2.23. The Kier molecular flexibility index (Phi) is 3.21. The summed E-state index contributed by atoms with van der Waals surface area (Å²) in [4.78, 5) is 0. The summed E-state index contributed by atoms with van der Waals surface area (Å²) in [5, 5.41) is 17.8. The fourth-order valence-electron chi connectivity index (χ4n) is 1.19. The van der Waals surface area contributed by atoms with Gasteiger partial charge in [-0.25, -0.2) is 4.39 Å². The molecule has 0 saturated carbocycles. The van der Waals surface area contributed by atoms with Crippen LogP contribution in [0.5, 0.6) is 0 Å².